The van der Waals surface area contributed by atoms with E-state index in [4.69, 9.17) is 5.11 Å². The molecule has 0 unspecified atom stereocenters. The Morgan fingerprint density at radius 1 is 1.36 bits per heavy atom. The number of hydrogen-bond acceptors (Lipinski definition) is 4. The molecule has 0 saturated carbocycles. The summed E-state index contributed by atoms with van der Waals surface area (Å²) in [5, 5.41) is 18.9. The molecule has 0 bridgehead atoms. The molecule has 3 N–H and O–H groups in total. The first kappa shape index (κ1) is 17.2. The van der Waals surface area contributed by atoms with Gasteiger partial charge < -0.3 is 15.3 Å². The van der Waals surface area contributed by atoms with Crippen molar-refractivity contribution in [3.8, 4) is 11.3 Å². The second kappa shape index (κ2) is 7.48. The van der Waals surface area contributed by atoms with Gasteiger partial charge in [0.05, 0.1) is 5.69 Å². The summed E-state index contributed by atoms with van der Waals surface area (Å²) in [4.78, 5) is 26.2. The summed E-state index contributed by atoms with van der Waals surface area (Å²) in [6, 6.07) is 9.08. The quantitative estimate of drug-likeness (QED) is 0.754. The Hall–Kier alpha value is -2.67. The molecule has 1 aliphatic heterocycles. The van der Waals surface area contributed by atoms with E-state index in [1.54, 1.807) is 6.07 Å². The molecule has 1 aromatic carbocycles. The normalized spacial score (nSPS) is 17.4. The highest BCUT2D eigenvalue weighted by Gasteiger charge is 2.33. The van der Waals surface area contributed by atoms with Crippen LogP contribution >= 0.6 is 0 Å². The number of nitrogens with zero attached hydrogens (tertiary/aromatic N) is 2. The number of hydrogen-bond donors (Lipinski definition) is 3. The standard InChI is InChI=1S/C18H22N4O3/c1-2-12-3-5-13(6-4-12)14-11-15(21-20-14)18(25)22-9-8-19-17(24)16(22)7-10-23/h3-6,11,16,23H,2,7-10H2,1H3,(H,19,24)(H,20,21)/t16-/m1/s1. The van der Waals surface area contributed by atoms with Crippen molar-refractivity contribution in [1.29, 1.82) is 0 Å². The molecule has 1 aromatic heterocycles. The van der Waals surface area contributed by atoms with Crippen molar-refractivity contribution < 1.29 is 14.7 Å². The highest BCUT2D eigenvalue weighted by atomic mass is 16.3. The maximum Gasteiger partial charge on any atom is 0.272 e. The van der Waals surface area contributed by atoms with E-state index in [2.05, 4.69) is 22.4 Å². The molecule has 1 fully saturated rings. The van der Waals surface area contributed by atoms with Crippen LogP contribution in [-0.2, 0) is 11.2 Å². The molecule has 132 valence electrons. The maximum absolute atomic E-state index is 12.8. The molecule has 1 saturated heterocycles. The molecule has 0 spiro atoms. The number of nitrogens with one attached hydrogen (secondary N) is 2. The Morgan fingerprint density at radius 2 is 2.12 bits per heavy atom. The van der Waals surface area contributed by atoms with Crippen molar-refractivity contribution in [2.24, 2.45) is 0 Å². The predicted molar refractivity (Wildman–Crippen MR) is 92.9 cm³/mol. The first-order valence-corrected chi connectivity index (χ1v) is 8.48. The zero-order valence-electron chi connectivity index (χ0n) is 14.2. The van der Waals surface area contributed by atoms with Gasteiger partial charge in [-0.1, -0.05) is 31.2 Å². The van der Waals surface area contributed by atoms with Crippen molar-refractivity contribution in [2.75, 3.05) is 19.7 Å². The van der Waals surface area contributed by atoms with Gasteiger partial charge >= 0.3 is 0 Å². The van der Waals surface area contributed by atoms with Gasteiger partial charge in [-0.2, -0.15) is 5.10 Å². The summed E-state index contributed by atoms with van der Waals surface area (Å²) in [7, 11) is 0. The Kier molecular flexibility index (Phi) is 5.14. The number of aliphatic hydroxyl groups excluding tert-OH is 1. The minimum absolute atomic E-state index is 0.153. The van der Waals surface area contributed by atoms with Crippen molar-refractivity contribution in [2.45, 2.75) is 25.8 Å². The first-order valence-electron chi connectivity index (χ1n) is 8.48. The lowest BCUT2D eigenvalue weighted by molar-refractivity contribution is -0.128. The van der Waals surface area contributed by atoms with Crippen LogP contribution in [0.1, 0.15) is 29.4 Å². The van der Waals surface area contributed by atoms with Crippen LogP contribution in [-0.4, -0.2) is 57.8 Å². The molecule has 1 aliphatic rings. The summed E-state index contributed by atoms with van der Waals surface area (Å²) in [6.45, 7) is 2.76. The van der Waals surface area contributed by atoms with E-state index in [0.29, 0.717) is 24.5 Å². The average molecular weight is 342 g/mol. The summed E-state index contributed by atoms with van der Waals surface area (Å²) in [5.74, 6) is -0.513. The van der Waals surface area contributed by atoms with Crippen LogP contribution in [0.25, 0.3) is 11.3 Å². The molecular formula is C18H22N4O3. The zero-order chi connectivity index (χ0) is 17.8. The smallest absolute Gasteiger partial charge is 0.272 e. The van der Waals surface area contributed by atoms with Crippen LogP contribution in [0.5, 0.6) is 0 Å². The molecule has 3 rings (SSSR count). The highest BCUT2D eigenvalue weighted by Crippen LogP contribution is 2.20. The molecule has 2 heterocycles. The molecule has 1 atom stereocenters. The molecule has 2 amide bonds. The summed E-state index contributed by atoms with van der Waals surface area (Å²) >= 11 is 0. The number of rotatable bonds is 5. The van der Waals surface area contributed by atoms with Crippen molar-refractivity contribution in [3.63, 3.8) is 0 Å². The molecule has 2 aromatic rings. The fourth-order valence-electron chi connectivity index (χ4n) is 3.01. The van der Waals surface area contributed by atoms with Gasteiger partial charge in [-0.05, 0) is 24.5 Å². The number of aryl methyl sites for hydroxylation is 1. The fraction of sp³-hybridized carbons (Fsp3) is 0.389. The first-order chi connectivity index (χ1) is 12.1. The van der Waals surface area contributed by atoms with Gasteiger partial charge in [-0.15, -0.1) is 0 Å². The van der Waals surface area contributed by atoms with Crippen LogP contribution in [0, 0.1) is 0 Å². The van der Waals surface area contributed by atoms with E-state index in [-0.39, 0.29) is 24.8 Å². The molecule has 0 radical (unpaired) electrons. The largest absolute Gasteiger partial charge is 0.396 e. The van der Waals surface area contributed by atoms with Crippen LogP contribution in [0.15, 0.2) is 30.3 Å². The van der Waals surface area contributed by atoms with E-state index < -0.39 is 6.04 Å². The molecule has 25 heavy (non-hydrogen) atoms. The van der Waals surface area contributed by atoms with Crippen LogP contribution in [0.4, 0.5) is 0 Å². The summed E-state index contributed by atoms with van der Waals surface area (Å²) in [5.41, 5.74) is 3.19. The van der Waals surface area contributed by atoms with Crippen molar-refractivity contribution in [1.82, 2.24) is 20.4 Å². The van der Waals surface area contributed by atoms with Gasteiger partial charge in [-0.3, -0.25) is 14.7 Å². The van der Waals surface area contributed by atoms with Crippen LogP contribution in [0.3, 0.4) is 0 Å². The zero-order valence-corrected chi connectivity index (χ0v) is 14.2. The van der Waals surface area contributed by atoms with E-state index in [1.165, 1.54) is 10.5 Å². The number of benzene rings is 1. The SMILES string of the molecule is CCc1ccc(-c2cc(C(=O)N3CCNC(=O)[C@H]3CCO)[nH]n2)cc1. The van der Waals surface area contributed by atoms with Crippen LogP contribution in [0.2, 0.25) is 0 Å². The minimum Gasteiger partial charge on any atom is -0.396 e. The monoisotopic (exact) mass is 342 g/mol. The average Bonchev–Trinajstić information content (AvgIpc) is 3.13. The highest BCUT2D eigenvalue weighted by molar-refractivity contribution is 5.97. The number of aromatic amines is 1. The predicted octanol–water partition coefficient (Wildman–Crippen LogP) is 0.962. The number of carbonyl (C=O) groups is 2. The Morgan fingerprint density at radius 3 is 2.80 bits per heavy atom. The molecule has 0 aliphatic carbocycles. The fourth-order valence-corrected chi connectivity index (χ4v) is 3.01. The molecule has 7 nitrogen and oxygen atoms in total. The van der Waals surface area contributed by atoms with E-state index in [9.17, 15) is 9.59 Å². The van der Waals surface area contributed by atoms with Crippen molar-refractivity contribution in [3.05, 3.63) is 41.6 Å². The van der Waals surface area contributed by atoms with Gasteiger partial charge in [0.15, 0.2) is 0 Å². The maximum atomic E-state index is 12.8. The Bertz CT molecular complexity index is 754. The van der Waals surface area contributed by atoms with Gasteiger partial charge in [0.2, 0.25) is 5.91 Å². The summed E-state index contributed by atoms with van der Waals surface area (Å²) in [6.07, 6.45) is 1.19. The summed E-state index contributed by atoms with van der Waals surface area (Å²) < 4.78 is 0. The number of carbonyl (C=O) groups excluding carboxylic acids is 2. The van der Waals surface area contributed by atoms with Crippen LogP contribution < -0.4 is 5.32 Å². The van der Waals surface area contributed by atoms with Gasteiger partial charge in [0.1, 0.15) is 11.7 Å². The number of aromatic nitrogens is 2. The lowest BCUT2D eigenvalue weighted by Crippen LogP contribution is -2.57. The molecular weight excluding hydrogens is 320 g/mol. The lowest BCUT2D eigenvalue weighted by atomic mass is 10.1. The minimum atomic E-state index is -0.651. The molecule has 7 heteroatoms. The second-order valence-electron chi connectivity index (χ2n) is 6.03. The third kappa shape index (κ3) is 3.56. The van der Waals surface area contributed by atoms with Gasteiger partial charge in [-0.25, -0.2) is 0 Å². The topological polar surface area (TPSA) is 98.3 Å². The third-order valence-corrected chi connectivity index (χ3v) is 4.46. The van der Waals surface area contributed by atoms with E-state index in [0.717, 1.165) is 12.0 Å². The van der Waals surface area contributed by atoms with E-state index >= 15 is 0 Å². The second-order valence-corrected chi connectivity index (χ2v) is 6.03. The Labute approximate surface area is 146 Å². The van der Waals surface area contributed by atoms with Crippen molar-refractivity contribution >= 4 is 11.8 Å². The number of amides is 2. The number of piperazine rings is 1. The van der Waals surface area contributed by atoms with Gasteiger partial charge in [0.25, 0.3) is 5.91 Å². The Balaban J connectivity index is 1.80. The number of H-pyrrole nitrogens is 1. The van der Waals surface area contributed by atoms with Gasteiger partial charge in [0, 0.05) is 25.3 Å². The van der Waals surface area contributed by atoms with E-state index in [1.807, 2.05) is 24.3 Å². The lowest BCUT2D eigenvalue weighted by Gasteiger charge is -2.34. The number of aliphatic hydroxyl groups is 1. The third-order valence-electron chi connectivity index (χ3n) is 4.46.